The smallest absolute Gasteiger partial charge is 0.449 e. The van der Waals surface area contributed by atoms with Gasteiger partial charge < -0.3 is 9.73 Å². The van der Waals surface area contributed by atoms with Crippen LogP contribution >= 0.6 is 0 Å². The fourth-order valence-corrected chi connectivity index (χ4v) is 3.22. The SMILES string of the molecule is CCc1cccc(CC)c1NC(=O)c1c(-c2ccccc2)oc(C(F)(F)F)cc1=O. The molecular weight excluding hydrogens is 395 g/mol. The van der Waals surface area contributed by atoms with Gasteiger partial charge in [-0.3, -0.25) is 9.59 Å². The van der Waals surface area contributed by atoms with Crippen LogP contribution in [0.4, 0.5) is 18.9 Å². The molecule has 156 valence electrons. The van der Waals surface area contributed by atoms with Crippen LogP contribution in [0.5, 0.6) is 0 Å². The standard InChI is InChI=1S/C23H20F3NO3/c1-3-14-11-8-12-15(4-2)20(14)27-22(29)19-17(28)13-18(23(24,25)26)30-21(19)16-9-6-5-7-10-16/h5-13H,3-4H2,1-2H3,(H,27,29). The highest BCUT2D eigenvalue weighted by molar-refractivity contribution is 6.08. The van der Waals surface area contributed by atoms with Gasteiger partial charge in [-0.25, -0.2) is 0 Å². The van der Waals surface area contributed by atoms with Crippen molar-refractivity contribution in [1.82, 2.24) is 0 Å². The summed E-state index contributed by atoms with van der Waals surface area (Å²) in [5.41, 5.74) is 0.954. The van der Waals surface area contributed by atoms with Gasteiger partial charge in [0.05, 0.1) is 0 Å². The van der Waals surface area contributed by atoms with Crippen molar-refractivity contribution in [2.24, 2.45) is 0 Å². The number of aryl methyl sites for hydroxylation is 2. The molecule has 3 rings (SSSR count). The van der Waals surface area contributed by atoms with Crippen LogP contribution in [0.1, 0.15) is 41.1 Å². The number of carbonyl (C=O) groups is 1. The second-order valence-electron chi connectivity index (χ2n) is 6.66. The highest BCUT2D eigenvalue weighted by Gasteiger charge is 2.36. The lowest BCUT2D eigenvalue weighted by Crippen LogP contribution is -2.25. The lowest BCUT2D eigenvalue weighted by atomic mass is 10.0. The van der Waals surface area contributed by atoms with E-state index in [0.29, 0.717) is 24.6 Å². The Morgan fingerprint density at radius 3 is 2.10 bits per heavy atom. The van der Waals surface area contributed by atoms with Gasteiger partial charge in [0.1, 0.15) is 5.56 Å². The predicted molar refractivity (Wildman–Crippen MR) is 109 cm³/mol. The molecule has 1 aromatic heterocycles. The maximum atomic E-state index is 13.2. The van der Waals surface area contributed by atoms with Crippen LogP contribution in [0.3, 0.4) is 0 Å². The van der Waals surface area contributed by atoms with Crippen LogP contribution in [0.2, 0.25) is 0 Å². The van der Waals surface area contributed by atoms with E-state index in [-0.39, 0.29) is 5.56 Å². The number of carbonyl (C=O) groups excluding carboxylic acids is 1. The minimum Gasteiger partial charge on any atom is -0.450 e. The lowest BCUT2D eigenvalue weighted by molar-refractivity contribution is -0.153. The molecule has 0 aliphatic heterocycles. The molecule has 7 heteroatoms. The number of rotatable bonds is 5. The third kappa shape index (κ3) is 4.30. The van der Waals surface area contributed by atoms with Gasteiger partial charge in [0.2, 0.25) is 5.76 Å². The Labute approximate surface area is 171 Å². The summed E-state index contributed by atoms with van der Waals surface area (Å²) in [6, 6.07) is 13.7. The van der Waals surface area contributed by atoms with Gasteiger partial charge in [-0.05, 0) is 24.0 Å². The summed E-state index contributed by atoms with van der Waals surface area (Å²) in [6.07, 6.45) is -3.59. The Morgan fingerprint density at radius 2 is 1.57 bits per heavy atom. The van der Waals surface area contributed by atoms with Crippen LogP contribution in [0.15, 0.2) is 63.8 Å². The lowest BCUT2D eigenvalue weighted by Gasteiger charge is -2.16. The summed E-state index contributed by atoms with van der Waals surface area (Å²) in [5, 5.41) is 2.73. The van der Waals surface area contributed by atoms with Crippen molar-refractivity contribution in [1.29, 1.82) is 0 Å². The first-order valence-corrected chi connectivity index (χ1v) is 9.49. The first-order valence-electron chi connectivity index (χ1n) is 9.49. The molecular formula is C23H20F3NO3. The van der Waals surface area contributed by atoms with E-state index < -0.39 is 34.6 Å². The molecule has 0 atom stereocenters. The summed E-state index contributed by atoms with van der Waals surface area (Å²) in [5.74, 6) is -2.68. The number of nitrogens with one attached hydrogen (secondary N) is 1. The largest absolute Gasteiger partial charge is 0.450 e. The quantitative estimate of drug-likeness (QED) is 0.581. The molecule has 0 fully saturated rings. The van der Waals surface area contributed by atoms with Crippen LogP contribution in [0, 0.1) is 0 Å². The van der Waals surface area contributed by atoms with E-state index >= 15 is 0 Å². The zero-order valence-electron chi connectivity index (χ0n) is 16.5. The number of amides is 1. The van der Waals surface area contributed by atoms with Gasteiger partial charge in [-0.15, -0.1) is 0 Å². The topological polar surface area (TPSA) is 59.3 Å². The number of anilines is 1. The van der Waals surface area contributed by atoms with Crippen molar-refractivity contribution < 1.29 is 22.4 Å². The van der Waals surface area contributed by atoms with Gasteiger partial charge >= 0.3 is 6.18 Å². The third-order valence-corrected chi connectivity index (χ3v) is 4.73. The summed E-state index contributed by atoms with van der Waals surface area (Å²) < 4.78 is 44.6. The number of hydrogen-bond donors (Lipinski definition) is 1. The molecule has 0 saturated heterocycles. The van der Waals surface area contributed by atoms with E-state index in [2.05, 4.69) is 5.32 Å². The summed E-state index contributed by atoms with van der Waals surface area (Å²) >= 11 is 0. The van der Waals surface area contributed by atoms with Crippen LogP contribution in [-0.2, 0) is 19.0 Å². The average molecular weight is 415 g/mol. The van der Waals surface area contributed by atoms with Crippen molar-refractivity contribution in [3.63, 3.8) is 0 Å². The van der Waals surface area contributed by atoms with E-state index in [1.165, 1.54) is 12.1 Å². The van der Waals surface area contributed by atoms with Gasteiger partial charge in [-0.1, -0.05) is 62.4 Å². The second-order valence-corrected chi connectivity index (χ2v) is 6.66. The molecule has 0 spiro atoms. The molecule has 4 nitrogen and oxygen atoms in total. The fraction of sp³-hybridized carbons (Fsp3) is 0.217. The second kappa shape index (κ2) is 8.57. The predicted octanol–water partition coefficient (Wildman–Crippen LogP) is 5.70. The summed E-state index contributed by atoms with van der Waals surface area (Å²) in [6.45, 7) is 3.85. The molecule has 1 N–H and O–H groups in total. The monoisotopic (exact) mass is 415 g/mol. The van der Waals surface area contributed by atoms with Crippen molar-refractivity contribution in [3.8, 4) is 11.3 Å². The van der Waals surface area contributed by atoms with Crippen LogP contribution in [-0.4, -0.2) is 5.91 Å². The normalized spacial score (nSPS) is 11.4. The van der Waals surface area contributed by atoms with E-state index in [1.807, 2.05) is 32.0 Å². The molecule has 1 amide bonds. The highest BCUT2D eigenvalue weighted by atomic mass is 19.4. The molecule has 1 heterocycles. The van der Waals surface area contributed by atoms with E-state index in [4.69, 9.17) is 4.42 Å². The Hall–Kier alpha value is -3.35. The molecule has 0 unspecified atom stereocenters. The van der Waals surface area contributed by atoms with E-state index in [0.717, 1.165) is 11.1 Å². The minimum atomic E-state index is -4.86. The Morgan fingerprint density at radius 1 is 0.967 bits per heavy atom. The van der Waals surface area contributed by atoms with Crippen molar-refractivity contribution >= 4 is 11.6 Å². The van der Waals surface area contributed by atoms with Crippen LogP contribution in [0.25, 0.3) is 11.3 Å². The number of benzene rings is 2. The first kappa shape index (κ1) is 21.4. The Balaban J connectivity index is 2.17. The summed E-state index contributed by atoms with van der Waals surface area (Å²) in [4.78, 5) is 25.7. The van der Waals surface area contributed by atoms with Gasteiger partial charge in [0, 0.05) is 17.3 Å². The number of hydrogen-bond acceptors (Lipinski definition) is 3. The zero-order valence-corrected chi connectivity index (χ0v) is 16.5. The van der Waals surface area contributed by atoms with E-state index in [9.17, 15) is 22.8 Å². The molecule has 0 radical (unpaired) electrons. The molecule has 0 aliphatic rings. The Bertz CT molecular complexity index is 1100. The maximum Gasteiger partial charge on any atom is 0.449 e. The summed E-state index contributed by atoms with van der Waals surface area (Å²) in [7, 11) is 0. The Kier molecular flexibility index (Phi) is 6.10. The number of alkyl halides is 3. The van der Waals surface area contributed by atoms with Crippen molar-refractivity contribution in [3.05, 3.63) is 87.3 Å². The number of para-hydroxylation sites is 1. The zero-order chi connectivity index (χ0) is 21.9. The number of halogens is 3. The van der Waals surface area contributed by atoms with E-state index in [1.54, 1.807) is 18.2 Å². The van der Waals surface area contributed by atoms with Crippen molar-refractivity contribution in [2.45, 2.75) is 32.9 Å². The third-order valence-electron chi connectivity index (χ3n) is 4.73. The molecule has 2 aromatic carbocycles. The highest BCUT2D eigenvalue weighted by Crippen LogP contribution is 2.33. The maximum absolute atomic E-state index is 13.2. The molecule has 0 bridgehead atoms. The van der Waals surface area contributed by atoms with Gasteiger partial charge in [0.15, 0.2) is 11.2 Å². The molecule has 0 aliphatic carbocycles. The average Bonchev–Trinajstić information content (AvgIpc) is 2.73. The van der Waals surface area contributed by atoms with Crippen molar-refractivity contribution in [2.75, 3.05) is 5.32 Å². The minimum absolute atomic E-state index is 0.199. The van der Waals surface area contributed by atoms with Gasteiger partial charge in [0.25, 0.3) is 5.91 Å². The molecule has 30 heavy (non-hydrogen) atoms. The van der Waals surface area contributed by atoms with Crippen LogP contribution < -0.4 is 10.7 Å². The fourth-order valence-electron chi connectivity index (χ4n) is 3.22. The first-order chi connectivity index (χ1) is 14.3. The molecule has 0 saturated carbocycles. The molecule has 3 aromatic rings. The van der Waals surface area contributed by atoms with Gasteiger partial charge in [-0.2, -0.15) is 13.2 Å².